The van der Waals surface area contributed by atoms with Crippen molar-refractivity contribution in [3.8, 4) is 11.6 Å². The largest absolute Gasteiger partial charge is 0.439 e. The molecule has 5 heteroatoms. The molecule has 2 aromatic rings. The highest BCUT2D eigenvalue weighted by molar-refractivity contribution is 5.34. The van der Waals surface area contributed by atoms with Crippen molar-refractivity contribution in [1.82, 2.24) is 4.98 Å². The van der Waals surface area contributed by atoms with Crippen molar-refractivity contribution < 1.29 is 9.66 Å². The van der Waals surface area contributed by atoms with Crippen LogP contribution in [0.5, 0.6) is 11.6 Å². The third-order valence-corrected chi connectivity index (χ3v) is 2.59. The lowest BCUT2D eigenvalue weighted by atomic mass is 10.1. The summed E-state index contributed by atoms with van der Waals surface area (Å²) in [6.45, 7) is 2.12. The van der Waals surface area contributed by atoms with E-state index in [1.54, 1.807) is 0 Å². The average molecular weight is 258 g/mol. The van der Waals surface area contributed by atoms with Gasteiger partial charge in [-0.15, -0.1) is 0 Å². The Morgan fingerprint density at radius 1 is 1.32 bits per heavy atom. The molecule has 0 N–H and O–H groups in total. The molecule has 0 bridgehead atoms. The van der Waals surface area contributed by atoms with Crippen LogP contribution in [0.15, 0.2) is 42.6 Å². The summed E-state index contributed by atoms with van der Waals surface area (Å²) in [5.41, 5.74) is 1.15. The maximum atomic E-state index is 10.5. The molecule has 0 saturated carbocycles. The van der Waals surface area contributed by atoms with E-state index in [4.69, 9.17) is 4.74 Å². The number of hydrogen-bond donors (Lipinski definition) is 0. The van der Waals surface area contributed by atoms with Crippen LogP contribution < -0.4 is 4.74 Å². The minimum absolute atomic E-state index is 0.0490. The molecule has 0 aliphatic carbocycles. The maximum absolute atomic E-state index is 10.5. The molecular formula is C14H14N2O3. The molecule has 0 atom stereocenters. The molecule has 0 amide bonds. The summed E-state index contributed by atoms with van der Waals surface area (Å²) in [7, 11) is 0. The van der Waals surface area contributed by atoms with Gasteiger partial charge in [-0.05, 0) is 24.1 Å². The highest BCUT2D eigenvalue weighted by Gasteiger charge is 2.06. The Bertz CT molecular complexity index is 567. The van der Waals surface area contributed by atoms with Crippen LogP contribution in [0.1, 0.15) is 18.9 Å². The monoisotopic (exact) mass is 258 g/mol. The molecule has 5 nitrogen and oxygen atoms in total. The summed E-state index contributed by atoms with van der Waals surface area (Å²) in [6, 6.07) is 10.6. The number of aryl methyl sites for hydroxylation is 1. The summed E-state index contributed by atoms with van der Waals surface area (Å²) in [4.78, 5) is 13.9. The first-order valence-electron chi connectivity index (χ1n) is 6.06. The fraction of sp³-hybridized carbons (Fsp3) is 0.214. The first-order chi connectivity index (χ1) is 9.19. The highest BCUT2D eigenvalue weighted by atomic mass is 16.6. The SMILES string of the molecule is CCCc1cccc(Oc2ccc([N+](=O)[O-])cn2)c1. The van der Waals surface area contributed by atoms with Gasteiger partial charge in [0.2, 0.25) is 5.88 Å². The molecule has 0 aliphatic rings. The summed E-state index contributed by atoms with van der Waals surface area (Å²) >= 11 is 0. The molecule has 98 valence electrons. The fourth-order valence-electron chi connectivity index (χ4n) is 1.71. The van der Waals surface area contributed by atoms with Gasteiger partial charge in [0.1, 0.15) is 11.9 Å². The molecule has 0 unspecified atom stereocenters. The summed E-state index contributed by atoms with van der Waals surface area (Å²) in [6.07, 6.45) is 3.25. The van der Waals surface area contributed by atoms with E-state index >= 15 is 0 Å². The molecule has 0 fully saturated rings. The molecule has 0 saturated heterocycles. The van der Waals surface area contributed by atoms with Gasteiger partial charge in [-0.1, -0.05) is 25.5 Å². The van der Waals surface area contributed by atoms with Crippen LogP contribution in [0.25, 0.3) is 0 Å². The lowest BCUT2D eigenvalue weighted by Gasteiger charge is -2.06. The molecular weight excluding hydrogens is 244 g/mol. The molecule has 19 heavy (non-hydrogen) atoms. The van der Waals surface area contributed by atoms with Gasteiger partial charge in [0.15, 0.2) is 0 Å². The van der Waals surface area contributed by atoms with Crippen molar-refractivity contribution in [1.29, 1.82) is 0 Å². The van der Waals surface area contributed by atoms with Crippen LogP contribution in [0.2, 0.25) is 0 Å². The van der Waals surface area contributed by atoms with E-state index in [-0.39, 0.29) is 5.69 Å². The molecule has 2 rings (SSSR count). The third-order valence-electron chi connectivity index (χ3n) is 2.59. The van der Waals surface area contributed by atoms with E-state index in [1.165, 1.54) is 23.9 Å². The molecule has 0 aliphatic heterocycles. The van der Waals surface area contributed by atoms with Crippen molar-refractivity contribution >= 4 is 5.69 Å². The first-order valence-corrected chi connectivity index (χ1v) is 6.06. The maximum Gasteiger partial charge on any atom is 0.287 e. The Hall–Kier alpha value is -2.43. The van der Waals surface area contributed by atoms with Gasteiger partial charge < -0.3 is 4.74 Å². The Balaban J connectivity index is 2.12. The second-order valence-corrected chi connectivity index (χ2v) is 4.11. The first kappa shape index (κ1) is 13.0. The molecule has 0 spiro atoms. The van der Waals surface area contributed by atoms with Crippen molar-refractivity contribution in [2.24, 2.45) is 0 Å². The number of rotatable bonds is 5. The van der Waals surface area contributed by atoms with E-state index in [0.29, 0.717) is 11.6 Å². The van der Waals surface area contributed by atoms with Crippen LogP contribution in [-0.4, -0.2) is 9.91 Å². The lowest BCUT2D eigenvalue weighted by molar-refractivity contribution is -0.385. The predicted octanol–water partition coefficient (Wildman–Crippen LogP) is 3.73. The van der Waals surface area contributed by atoms with E-state index in [0.717, 1.165) is 12.8 Å². The Morgan fingerprint density at radius 3 is 2.79 bits per heavy atom. The zero-order valence-corrected chi connectivity index (χ0v) is 10.6. The topological polar surface area (TPSA) is 65.3 Å². The number of nitrogens with zero attached hydrogens (tertiary/aromatic N) is 2. The van der Waals surface area contributed by atoms with Gasteiger partial charge in [-0.3, -0.25) is 10.1 Å². The summed E-state index contributed by atoms with van der Waals surface area (Å²) in [5.74, 6) is 1.03. The average Bonchev–Trinajstić information content (AvgIpc) is 2.40. The van der Waals surface area contributed by atoms with E-state index in [1.807, 2.05) is 24.3 Å². The Kier molecular flexibility index (Phi) is 4.07. The highest BCUT2D eigenvalue weighted by Crippen LogP contribution is 2.22. The molecule has 1 aromatic carbocycles. The van der Waals surface area contributed by atoms with Crippen molar-refractivity contribution in [2.75, 3.05) is 0 Å². The number of nitro groups is 1. The molecule has 1 heterocycles. The Labute approximate surface area is 111 Å². The van der Waals surface area contributed by atoms with Crippen LogP contribution in [0.4, 0.5) is 5.69 Å². The van der Waals surface area contributed by atoms with Gasteiger partial charge in [-0.25, -0.2) is 4.98 Å². The van der Waals surface area contributed by atoms with Crippen molar-refractivity contribution in [3.05, 3.63) is 58.3 Å². The number of hydrogen-bond acceptors (Lipinski definition) is 4. The number of ether oxygens (including phenoxy) is 1. The van der Waals surface area contributed by atoms with Gasteiger partial charge in [-0.2, -0.15) is 0 Å². The third kappa shape index (κ3) is 3.51. The quantitative estimate of drug-likeness (QED) is 0.605. The second-order valence-electron chi connectivity index (χ2n) is 4.11. The fourth-order valence-corrected chi connectivity index (χ4v) is 1.71. The minimum atomic E-state index is -0.487. The zero-order chi connectivity index (χ0) is 13.7. The zero-order valence-electron chi connectivity index (χ0n) is 10.6. The number of aromatic nitrogens is 1. The summed E-state index contributed by atoms with van der Waals surface area (Å²) < 4.78 is 5.57. The number of pyridine rings is 1. The van der Waals surface area contributed by atoms with Crippen LogP contribution in [-0.2, 0) is 6.42 Å². The van der Waals surface area contributed by atoms with Crippen LogP contribution in [0.3, 0.4) is 0 Å². The normalized spacial score (nSPS) is 10.2. The van der Waals surface area contributed by atoms with E-state index in [2.05, 4.69) is 11.9 Å². The van der Waals surface area contributed by atoms with Gasteiger partial charge in [0.05, 0.1) is 4.92 Å². The molecule has 1 aromatic heterocycles. The van der Waals surface area contributed by atoms with Gasteiger partial charge >= 0.3 is 0 Å². The van der Waals surface area contributed by atoms with Crippen LogP contribution >= 0.6 is 0 Å². The second kappa shape index (κ2) is 5.95. The minimum Gasteiger partial charge on any atom is -0.439 e. The smallest absolute Gasteiger partial charge is 0.287 e. The molecule has 0 radical (unpaired) electrons. The van der Waals surface area contributed by atoms with Crippen molar-refractivity contribution in [2.45, 2.75) is 19.8 Å². The summed E-state index contributed by atoms with van der Waals surface area (Å²) in [5, 5.41) is 10.5. The predicted molar refractivity (Wildman–Crippen MR) is 71.4 cm³/mol. The van der Waals surface area contributed by atoms with Crippen LogP contribution in [0, 0.1) is 10.1 Å². The van der Waals surface area contributed by atoms with Gasteiger partial charge in [0.25, 0.3) is 5.69 Å². The van der Waals surface area contributed by atoms with Gasteiger partial charge in [0, 0.05) is 12.1 Å². The van der Waals surface area contributed by atoms with Crippen molar-refractivity contribution in [3.63, 3.8) is 0 Å². The van der Waals surface area contributed by atoms with E-state index in [9.17, 15) is 10.1 Å². The number of benzene rings is 1. The standard InChI is InChI=1S/C14H14N2O3/c1-2-4-11-5-3-6-13(9-11)19-14-8-7-12(10-15-14)16(17)18/h3,5-10H,2,4H2,1H3. The van der Waals surface area contributed by atoms with E-state index < -0.39 is 4.92 Å². The Morgan fingerprint density at radius 2 is 2.16 bits per heavy atom. The lowest BCUT2D eigenvalue weighted by Crippen LogP contribution is -1.92.